The van der Waals surface area contributed by atoms with Crippen LogP contribution < -0.4 is 5.32 Å². The first-order valence-electron chi connectivity index (χ1n) is 10.4. The summed E-state index contributed by atoms with van der Waals surface area (Å²) in [5.74, 6) is 0.992. The molecular weight excluding hydrogens is 410 g/mol. The van der Waals surface area contributed by atoms with E-state index in [0.717, 1.165) is 30.8 Å². The van der Waals surface area contributed by atoms with Crippen molar-refractivity contribution in [1.82, 2.24) is 15.2 Å². The summed E-state index contributed by atoms with van der Waals surface area (Å²) >= 11 is 5.66. The Bertz CT molecular complexity index is 1070. The highest BCUT2D eigenvalue weighted by molar-refractivity contribution is 7.80. The van der Waals surface area contributed by atoms with Crippen LogP contribution in [0.2, 0.25) is 0 Å². The van der Waals surface area contributed by atoms with E-state index in [0.29, 0.717) is 22.0 Å². The van der Waals surface area contributed by atoms with E-state index in [2.05, 4.69) is 22.1 Å². The molecule has 0 saturated carbocycles. The number of methoxy groups -OCH3 is 1. The first-order chi connectivity index (χ1) is 15.1. The summed E-state index contributed by atoms with van der Waals surface area (Å²) in [5, 5.41) is 4.12. The monoisotopic (exact) mass is 435 g/mol. The Morgan fingerprint density at radius 3 is 2.74 bits per heavy atom. The third kappa shape index (κ3) is 4.18. The molecule has 2 aromatic heterocycles. The molecule has 1 saturated heterocycles. The van der Waals surface area contributed by atoms with Crippen LogP contribution in [0.25, 0.3) is 11.3 Å². The van der Waals surface area contributed by atoms with Gasteiger partial charge in [0.1, 0.15) is 17.6 Å². The van der Waals surface area contributed by atoms with Crippen molar-refractivity contribution in [3.63, 3.8) is 0 Å². The Labute approximate surface area is 187 Å². The van der Waals surface area contributed by atoms with E-state index in [4.69, 9.17) is 21.4 Å². The number of unbranched alkanes of at least 4 members (excludes halogenated alkanes) is 1. The average Bonchev–Trinajstić information content (AvgIpc) is 3.42. The number of hydrogen-bond donors (Lipinski definition) is 1. The normalized spacial score (nSPS) is 18.1. The largest absolute Gasteiger partial charge is 0.465 e. The van der Waals surface area contributed by atoms with Crippen molar-refractivity contribution in [2.24, 2.45) is 0 Å². The molecule has 31 heavy (non-hydrogen) atoms. The second-order valence-electron chi connectivity index (χ2n) is 7.41. The van der Waals surface area contributed by atoms with Crippen LogP contribution in [-0.4, -0.2) is 34.6 Å². The molecule has 7 heteroatoms. The van der Waals surface area contributed by atoms with Crippen LogP contribution in [0.3, 0.4) is 0 Å². The first kappa shape index (κ1) is 21.1. The number of carbonyl (C=O) groups is 1. The Hall–Kier alpha value is -3.19. The van der Waals surface area contributed by atoms with Gasteiger partial charge in [-0.05, 0) is 49.0 Å². The molecule has 2 atom stereocenters. The molecule has 0 spiro atoms. The van der Waals surface area contributed by atoms with Gasteiger partial charge in [-0.25, -0.2) is 4.79 Å². The van der Waals surface area contributed by atoms with Crippen molar-refractivity contribution in [2.45, 2.75) is 31.8 Å². The van der Waals surface area contributed by atoms with E-state index in [-0.39, 0.29) is 12.1 Å². The second kappa shape index (κ2) is 9.31. The maximum absolute atomic E-state index is 12.2. The average molecular weight is 436 g/mol. The topological polar surface area (TPSA) is 67.6 Å². The molecular formula is C24H25N3O3S. The molecule has 1 N–H and O–H groups in total. The number of carbonyl (C=O) groups excluding carboxylic acids is 1. The summed E-state index contributed by atoms with van der Waals surface area (Å²) in [6.45, 7) is 2.98. The molecule has 6 nitrogen and oxygen atoms in total. The van der Waals surface area contributed by atoms with Gasteiger partial charge in [-0.2, -0.15) is 0 Å². The molecule has 0 amide bonds. The highest BCUT2D eigenvalue weighted by Crippen LogP contribution is 2.40. The number of rotatable bonds is 7. The van der Waals surface area contributed by atoms with Crippen LogP contribution in [0.4, 0.5) is 0 Å². The Balaban J connectivity index is 1.73. The molecule has 0 unspecified atom stereocenters. The summed E-state index contributed by atoms with van der Waals surface area (Å²) in [5.41, 5.74) is 2.07. The molecule has 4 rings (SSSR count). The smallest absolute Gasteiger partial charge is 0.338 e. The second-order valence-corrected chi connectivity index (χ2v) is 7.80. The van der Waals surface area contributed by atoms with Crippen molar-refractivity contribution in [2.75, 3.05) is 13.7 Å². The molecule has 0 bridgehead atoms. The first-order valence-corrected chi connectivity index (χ1v) is 10.8. The highest BCUT2D eigenvalue weighted by Gasteiger charge is 2.41. The van der Waals surface area contributed by atoms with Crippen LogP contribution in [0.1, 0.15) is 53.7 Å². The van der Waals surface area contributed by atoms with Gasteiger partial charge < -0.3 is 19.4 Å². The van der Waals surface area contributed by atoms with Crippen molar-refractivity contribution in [3.8, 4) is 11.3 Å². The zero-order valence-electron chi connectivity index (χ0n) is 17.6. The molecule has 1 fully saturated rings. The third-order valence-electron chi connectivity index (χ3n) is 5.47. The van der Waals surface area contributed by atoms with Gasteiger partial charge in [-0.3, -0.25) is 4.98 Å². The number of hydrogen-bond acceptors (Lipinski definition) is 5. The van der Waals surface area contributed by atoms with Gasteiger partial charge in [-0.1, -0.05) is 37.6 Å². The van der Waals surface area contributed by atoms with Gasteiger partial charge >= 0.3 is 5.97 Å². The number of pyridine rings is 1. The van der Waals surface area contributed by atoms with E-state index < -0.39 is 5.97 Å². The van der Waals surface area contributed by atoms with Crippen LogP contribution in [0.15, 0.2) is 65.2 Å². The van der Waals surface area contributed by atoms with Gasteiger partial charge in [0.15, 0.2) is 5.11 Å². The van der Waals surface area contributed by atoms with E-state index in [9.17, 15) is 4.79 Å². The van der Waals surface area contributed by atoms with Crippen molar-refractivity contribution < 1.29 is 13.9 Å². The quantitative estimate of drug-likeness (QED) is 0.418. The SMILES string of the molecule is CCCCN1C(=S)N[C@@H](c2ccccn2)[C@@H]1c1ccc(-c2ccccc2C(=O)OC)o1. The zero-order valence-corrected chi connectivity index (χ0v) is 18.4. The maximum atomic E-state index is 12.2. The predicted octanol–water partition coefficient (Wildman–Crippen LogP) is 4.90. The third-order valence-corrected chi connectivity index (χ3v) is 5.82. The van der Waals surface area contributed by atoms with Crippen LogP contribution in [0.5, 0.6) is 0 Å². The van der Waals surface area contributed by atoms with E-state index in [1.165, 1.54) is 7.11 Å². The fourth-order valence-electron chi connectivity index (χ4n) is 3.93. The molecule has 3 heterocycles. The molecule has 0 aliphatic carbocycles. The number of benzene rings is 1. The molecule has 1 aliphatic heterocycles. The Kier molecular flexibility index (Phi) is 6.32. The number of thiocarbonyl (C=S) groups is 1. The fraction of sp³-hybridized carbons (Fsp3) is 0.292. The number of ether oxygens (including phenoxy) is 1. The Morgan fingerprint density at radius 2 is 2.00 bits per heavy atom. The minimum Gasteiger partial charge on any atom is -0.465 e. The van der Waals surface area contributed by atoms with Gasteiger partial charge in [0.2, 0.25) is 0 Å². The van der Waals surface area contributed by atoms with Crippen LogP contribution in [0, 0.1) is 0 Å². The lowest BCUT2D eigenvalue weighted by Crippen LogP contribution is -2.30. The molecule has 1 aromatic carbocycles. The van der Waals surface area contributed by atoms with Crippen molar-refractivity contribution >= 4 is 23.3 Å². The lowest BCUT2D eigenvalue weighted by Gasteiger charge is -2.25. The van der Waals surface area contributed by atoms with E-state index >= 15 is 0 Å². The molecule has 1 aliphatic rings. The molecule has 3 aromatic rings. The van der Waals surface area contributed by atoms with E-state index in [1.54, 1.807) is 12.3 Å². The van der Waals surface area contributed by atoms with Crippen molar-refractivity contribution in [3.05, 3.63) is 77.8 Å². The van der Waals surface area contributed by atoms with Gasteiger partial charge in [0, 0.05) is 18.3 Å². The van der Waals surface area contributed by atoms with Gasteiger partial charge in [0.25, 0.3) is 0 Å². The standard InChI is InChI=1S/C24H25N3O3S/c1-3-4-15-27-22(21(26-24(27)31)18-11-7-8-14-25-18)20-13-12-19(30-20)16-9-5-6-10-17(16)23(28)29-2/h5-14,21-22H,3-4,15H2,1-2H3,(H,26,31)/t21-,22-/m0/s1. The zero-order chi connectivity index (χ0) is 21.8. The Morgan fingerprint density at radius 1 is 1.19 bits per heavy atom. The summed E-state index contributed by atoms with van der Waals surface area (Å²) in [4.78, 5) is 18.9. The summed E-state index contributed by atoms with van der Waals surface area (Å²) in [6.07, 6.45) is 3.87. The summed E-state index contributed by atoms with van der Waals surface area (Å²) in [7, 11) is 1.38. The van der Waals surface area contributed by atoms with Crippen molar-refractivity contribution in [1.29, 1.82) is 0 Å². The molecule has 160 valence electrons. The van der Waals surface area contributed by atoms with Gasteiger partial charge in [0.05, 0.1) is 24.4 Å². The maximum Gasteiger partial charge on any atom is 0.338 e. The predicted molar refractivity (Wildman–Crippen MR) is 123 cm³/mol. The van der Waals surface area contributed by atoms with Crippen LogP contribution in [-0.2, 0) is 4.74 Å². The molecule has 0 radical (unpaired) electrons. The number of furan rings is 1. The number of esters is 1. The van der Waals surface area contributed by atoms with Gasteiger partial charge in [-0.15, -0.1) is 0 Å². The number of nitrogens with one attached hydrogen (secondary N) is 1. The number of aromatic nitrogens is 1. The van der Waals surface area contributed by atoms with Crippen LogP contribution >= 0.6 is 12.2 Å². The summed E-state index contributed by atoms with van der Waals surface area (Å²) in [6, 6.07) is 16.7. The van der Waals surface area contributed by atoms with E-state index in [1.807, 2.05) is 48.5 Å². The fourth-order valence-corrected chi connectivity index (χ4v) is 4.26. The minimum absolute atomic E-state index is 0.125. The lowest BCUT2D eigenvalue weighted by atomic mass is 10.0. The lowest BCUT2D eigenvalue weighted by molar-refractivity contribution is 0.0601. The minimum atomic E-state index is -0.395. The summed E-state index contributed by atoms with van der Waals surface area (Å²) < 4.78 is 11.3. The highest BCUT2D eigenvalue weighted by atomic mass is 32.1. The number of nitrogens with zero attached hydrogens (tertiary/aromatic N) is 2.